The molecule has 3 heterocycles. The van der Waals surface area contributed by atoms with Gasteiger partial charge in [0.2, 0.25) is 23.4 Å². The number of carbonyl (C=O) groups is 1. The third kappa shape index (κ3) is 3.41. The van der Waals surface area contributed by atoms with Gasteiger partial charge in [-0.25, -0.2) is 4.98 Å². The summed E-state index contributed by atoms with van der Waals surface area (Å²) in [7, 11) is 0. The van der Waals surface area contributed by atoms with Crippen LogP contribution in [0.4, 0.5) is 5.88 Å². The van der Waals surface area contributed by atoms with E-state index < -0.39 is 0 Å². The lowest BCUT2D eigenvalue weighted by atomic mass is 10.2. The number of aromatic nitrogens is 1. The van der Waals surface area contributed by atoms with Crippen molar-refractivity contribution in [2.45, 2.75) is 31.7 Å². The molecule has 1 aliphatic carbocycles. The molecule has 0 spiro atoms. The van der Waals surface area contributed by atoms with Crippen LogP contribution < -0.4 is 4.90 Å². The number of amides is 1. The third-order valence-corrected chi connectivity index (χ3v) is 5.49. The fourth-order valence-electron chi connectivity index (χ4n) is 3.64. The summed E-state index contributed by atoms with van der Waals surface area (Å²) in [5, 5.41) is 9.34. The van der Waals surface area contributed by atoms with Crippen molar-refractivity contribution in [2.24, 2.45) is 0 Å². The van der Waals surface area contributed by atoms with E-state index in [9.17, 15) is 10.1 Å². The Labute approximate surface area is 153 Å². The van der Waals surface area contributed by atoms with Crippen LogP contribution in [0.15, 0.2) is 4.42 Å². The molecule has 0 radical (unpaired) electrons. The largest absolute Gasteiger partial charge is 0.423 e. The maximum Gasteiger partial charge on any atom is 0.239 e. The van der Waals surface area contributed by atoms with Gasteiger partial charge in [-0.15, -0.1) is 0 Å². The van der Waals surface area contributed by atoms with Crippen LogP contribution in [0.3, 0.4) is 0 Å². The maximum absolute atomic E-state index is 12.8. The van der Waals surface area contributed by atoms with Gasteiger partial charge in [-0.1, -0.05) is 0 Å². The Morgan fingerprint density at radius 2 is 1.88 bits per heavy atom. The highest BCUT2D eigenvalue weighted by Gasteiger charge is 2.34. The highest BCUT2D eigenvalue weighted by molar-refractivity contribution is 5.81. The Morgan fingerprint density at radius 3 is 2.50 bits per heavy atom. The summed E-state index contributed by atoms with van der Waals surface area (Å²) in [5.74, 6) is 1.81. The second-order valence-electron chi connectivity index (χ2n) is 7.23. The van der Waals surface area contributed by atoms with Gasteiger partial charge in [0, 0.05) is 45.2 Å². The molecule has 8 heteroatoms. The molecule has 1 aromatic heterocycles. The van der Waals surface area contributed by atoms with Crippen molar-refractivity contribution in [3.63, 3.8) is 0 Å². The molecule has 3 fully saturated rings. The Balaban J connectivity index is 1.36. The van der Waals surface area contributed by atoms with Crippen molar-refractivity contribution in [3.05, 3.63) is 11.6 Å². The number of carbonyl (C=O) groups excluding carboxylic acids is 1. The second kappa shape index (κ2) is 7.25. The average Bonchev–Trinajstić information content (AvgIpc) is 3.46. The van der Waals surface area contributed by atoms with Crippen LogP contribution in [-0.2, 0) is 9.53 Å². The van der Waals surface area contributed by atoms with E-state index in [2.05, 4.69) is 16.0 Å². The molecule has 0 bridgehead atoms. The predicted molar refractivity (Wildman–Crippen MR) is 93.8 cm³/mol. The SMILES string of the molecule is CC(C(=O)N1CCN(c2oc(C3CC3)nc2C#N)CC1)N1CCOCC1. The van der Waals surface area contributed by atoms with E-state index in [4.69, 9.17) is 9.15 Å². The van der Waals surface area contributed by atoms with Gasteiger partial charge < -0.3 is 19.0 Å². The van der Waals surface area contributed by atoms with Gasteiger partial charge in [-0.3, -0.25) is 9.69 Å². The molecule has 1 amide bonds. The van der Waals surface area contributed by atoms with Gasteiger partial charge in [-0.05, 0) is 19.8 Å². The lowest BCUT2D eigenvalue weighted by molar-refractivity contribution is -0.138. The topological polar surface area (TPSA) is 85.8 Å². The molecule has 1 aromatic rings. The molecule has 2 aliphatic heterocycles. The van der Waals surface area contributed by atoms with Crippen LogP contribution >= 0.6 is 0 Å². The van der Waals surface area contributed by atoms with E-state index in [1.165, 1.54) is 0 Å². The summed E-state index contributed by atoms with van der Waals surface area (Å²) < 4.78 is 11.2. The number of hydrogen-bond acceptors (Lipinski definition) is 7. The fraction of sp³-hybridized carbons (Fsp3) is 0.722. The molecule has 1 unspecified atom stereocenters. The van der Waals surface area contributed by atoms with E-state index in [1.54, 1.807) is 0 Å². The third-order valence-electron chi connectivity index (χ3n) is 5.49. The highest BCUT2D eigenvalue weighted by atomic mass is 16.5. The van der Waals surface area contributed by atoms with Gasteiger partial charge in [0.1, 0.15) is 6.07 Å². The van der Waals surface area contributed by atoms with E-state index in [0.717, 1.165) is 25.9 Å². The number of anilines is 1. The molecular formula is C18H25N5O3. The number of hydrogen-bond donors (Lipinski definition) is 0. The van der Waals surface area contributed by atoms with Gasteiger partial charge >= 0.3 is 0 Å². The monoisotopic (exact) mass is 359 g/mol. The minimum absolute atomic E-state index is 0.119. The summed E-state index contributed by atoms with van der Waals surface area (Å²) in [6.45, 7) is 7.57. The summed E-state index contributed by atoms with van der Waals surface area (Å²) in [6.07, 6.45) is 2.18. The number of nitriles is 1. The molecule has 8 nitrogen and oxygen atoms in total. The molecule has 1 saturated carbocycles. The summed E-state index contributed by atoms with van der Waals surface area (Å²) in [5.41, 5.74) is 0.369. The first-order valence-corrected chi connectivity index (χ1v) is 9.43. The minimum Gasteiger partial charge on any atom is -0.423 e. The van der Waals surface area contributed by atoms with Crippen LogP contribution in [0.25, 0.3) is 0 Å². The zero-order valence-corrected chi connectivity index (χ0v) is 15.2. The number of oxazole rings is 1. The van der Waals surface area contributed by atoms with Gasteiger partial charge in [0.25, 0.3) is 0 Å². The quantitative estimate of drug-likeness (QED) is 0.786. The second-order valence-corrected chi connectivity index (χ2v) is 7.23. The first kappa shape index (κ1) is 17.3. The zero-order chi connectivity index (χ0) is 18.1. The Bertz CT molecular complexity index is 694. The van der Waals surface area contributed by atoms with Crippen LogP contribution in [0.1, 0.15) is 37.3 Å². The molecule has 26 heavy (non-hydrogen) atoms. The average molecular weight is 359 g/mol. The first-order chi connectivity index (χ1) is 12.7. The van der Waals surface area contributed by atoms with Crippen LogP contribution in [0, 0.1) is 11.3 Å². The van der Waals surface area contributed by atoms with Crippen molar-refractivity contribution in [2.75, 3.05) is 57.4 Å². The molecule has 1 atom stereocenters. The fourth-order valence-corrected chi connectivity index (χ4v) is 3.64. The lowest BCUT2D eigenvalue weighted by Crippen LogP contribution is -2.55. The van der Waals surface area contributed by atoms with Gasteiger partial charge in [0.15, 0.2) is 0 Å². The Kier molecular flexibility index (Phi) is 4.83. The standard InChI is InChI=1S/C18H25N5O3/c1-13(21-8-10-25-11-9-21)17(24)22-4-6-23(7-5-22)18-15(12-19)20-16(26-18)14-2-3-14/h13-14H,2-11H2,1H3. The molecular weight excluding hydrogens is 334 g/mol. The Morgan fingerprint density at radius 1 is 1.19 bits per heavy atom. The summed E-state index contributed by atoms with van der Waals surface area (Å²) in [4.78, 5) is 23.3. The number of morpholine rings is 1. The molecule has 2 saturated heterocycles. The Hall–Kier alpha value is -2.11. The predicted octanol–water partition coefficient (Wildman–Crippen LogP) is 0.793. The smallest absolute Gasteiger partial charge is 0.239 e. The molecule has 4 rings (SSSR count). The number of rotatable bonds is 4. The first-order valence-electron chi connectivity index (χ1n) is 9.43. The van der Waals surface area contributed by atoms with E-state index >= 15 is 0 Å². The van der Waals surface area contributed by atoms with Crippen molar-refractivity contribution < 1.29 is 13.9 Å². The summed E-state index contributed by atoms with van der Waals surface area (Å²) in [6, 6.07) is 2.03. The van der Waals surface area contributed by atoms with Gasteiger partial charge in [0.05, 0.1) is 19.3 Å². The van der Waals surface area contributed by atoms with E-state index in [-0.39, 0.29) is 11.9 Å². The highest BCUT2D eigenvalue weighted by Crippen LogP contribution is 2.41. The molecule has 0 N–H and O–H groups in total. The van der Waals surface area contributed by atoms with Crippen LogP contribution in [0.5, 0.6) is 0 Å². The molecule has 140 valence electrons. The van der Waals surface area contributed by atoms with E-state index in [0.29, 0.717) is 62.8 Å². The normalized spacial score (nSPS) is 22.9. The van der Waals surface area contributed by atoms with Crippen molar-refractivity contribution in [1.29, 1.82) is 5.26 Å². The minimum atomic E-state index is -0.119. The van der Waals surface area contributed by atoms with Crippen molar-refractivity contribution >= 4 is 11.8 Å². The van der Waals surface area contributed by atoms with Crippen molar-refractivity contribution in [1.82, 2.24) is 14.8 Å². The molecule has 3 aliphatic rings. The summed E-state index contributed by atoms with van der Waals surface area (Å²) >= 11 is 0. The number of ether oxygens (including phenoxy) is 1. The van der Waals surface area contributed by atoms with Crippen LogP contribution in [-0.4, -0.2) is 79.2 Å². The van der Waals surface area contributed by atoms with Crippen molar-refractivity contribution in [3.8, 4) is 6.07 Å². The maximum atomic E-state index is 12.8. The lowest BCUT2D eigenvalue weighted by Gasteiger charge is -2.38. The van der Waals surface area contributed by atoms with Gasteiger partial charge in [-0.2, -0.15) is 5.26 Å². The van der Waals surface area contributed by atoms with Crippen LogP contribution in [0.2, 0.25) is 0 Å². The zero-order valence-electron chi connectivity index (χ0n) is 15.2. The van der Waals surface area contributed by atoms with E-state index in [1.807, 2.05) is 16.7 Å². The molecule has 0 aromatic carbocycles. The number of nitrogens with zero attached hydrogens (tertiary/aromatic N) is 5. The number of piperazine rings is 1.